The van der Waals surface area contributed by atoms with Gasteiger partial charge in [-0.2, -0.15) is 0 Å². The zero-order valence-corrected chi connectivity index (χ0v) is 11.7. The zero-order chi connectivity index (χ0) is 16.1. The largest absolute Gasteiger partial charge is 0.507 e. The number of carbonyl (C=O) groups excluding carboxylic acids is 1. The molecule has 0 amide bonds. The fraction of sp³-hybridized carbons (Fsp3) is 0.0625. The summed E-state index contributed by atoms with van der Waals surface area (Å²) in [4.78, 5) is 22.1. The Morgan fingerprint density at radius 3 is 2.50 bits per heavy atom. The lowest BCUT2D eigenvalue weighted by Crippen LogP contribution is -1.97. The van der Waals surface area contributed by atoms with Crippen LogP contribution in [0.1, 0.15) is 15.9 Å². The van der Waals surface area contributed by atoms with Crippen molar-refractivity contribution in [1.82, 2.24) is 0 Å². The highest BCUT2D eigenvalue weighted by Crippen LogP contribution is 2.24. The lowest BCUT2D eigenvalue weighted by Gasteiger charge is -2.01. The number of carbonyl (C=O) groups is 1. The number of non-ortho nitro benzene ring substituents is 1. The highest BCUT2D eigenvalue weighted by Gasteiger charge is 2.14. The number of rotatable bonds is 5. The van der Waals surface area contributed by atoms with Gasteiger partial charge in [0.25, 0.3) is 5.69 Å². The molecule has 0 fully saturated rings. The van der Waals surface area contributed by atoms with Gasteiger partial charge in [-0.05, 0) is 29.8 Å². The first-order valence-corrected chi connectivity index (χ1v) is 6.35. The summed E-state index contributed by atoms with van der Waals surface area (Å²) in [6.45, 7) is 0. The molecule has 2 aromatic carbocycles. The number of nitro benzene ring substituents is 1. The van der Waals surface area contributed by atoms with Crippen LogP contribution in [0.15, 0.2) is 48.5 Å². The van der Waals surface area contributed by atoms with Crippen LogP contribution in [0.4, 0.5) is 5.69 Å². The van der Waals surface area contributed by atoms with Crippen molar-refractivity contribution in [3.8, 4) is 11.5 Å². The predicted octanol–water partition coefficient (Wildman–Crippen LogP) is 3.21. The van der Waals surface area contributed by atoms with E-state index in [-0.39, 0.29) is 17.0 Å². The number of aromatic hydroxyl groups is 1. The van der Waals surface area contributed by atoms with Gasteiger partial charge in [-0.1, -0.05) is 18.2 Å². The molecule has 0 atom stereocenters. The SMILES string of the molecule is COc1ccc(C=CC(=O)c2cc([N+](=O)[O-])ccc2O)cc1. The molecule has 0 aliphatic carbocycles. The number of methoxy groups -OCH3 is 1. The Balaban J connectivity index is 2.22. The topological polar surface area (TPSA) is 89.7 Å². The minimum atomic E-state index is -0.622. The lowest BCUT2D eigenvalue weighted by atomic mass is 10.1. The van der Waals surface area contributed by atoms with Crippen LogP contribution in [0.25, 0.3) is 6.08 Å². The van der Waals surface area contributed by atoms with Gasteiger partial charge < -0.3 is 9.84 Å². The minimum Gasteiger partial charge on any atom is -0.507 e. The van der Waals surface area contributed by atoms with E-state index in [2.05, 4.69) is 0 Å². The van der Waals surface area contributed by atoms with Gasteiger partial charge in [-0.3, -0.25) is 14.9 Å². The number of nitro groups is 1. The standard InChI is InChI=1S/C16H13NO5/c1-22-13-6-2-11(3-7-13)4-8-15(18)14-10-12(17(20)21)5-9-16(14)19/h2-10,19H,1H3. The van der Waals surface area contributed by atoms with Crippen molar-refractivity contribution >= 4 is 17.5 Å². The minimum absolute atomic E-state index is 0.112. The second kappa shape index (κ2) is 6.53. The van der Waals surface area contributed by atoms with E-state index in [1.807, 2.05) is 0 Å². The molecular weight excluding hydrogens is 286 g/mol. The molecule has 22 heavy (non-hydrogen) atoms. The van der Waals surface area contributed by atoms with E-state index in [4.69, 9.17) is 4.74 Å². The van der Waals surface area contributed by atoms with E-state index in [0.29, 0.717) is 5.75 Å². The van der Waals surface area contributed by atoms with E-state index in [1.54, 1.807) is 37.5 Å². The second-order valence-corrected chi connectivity index (χ2v) is 4.43. The summed E-state index contributed by atoms with van der Waals surface area (Å²) in [6.07, 6.45) is 2.81. The van der Waals surface area contributed by atoms with Crippen molar-refractivity contribution in [2.45, 2.75) is 0 Å². The van der Waals surface area contributed by atoms with Gasteiger partial charge >= 0.3 is 0 Å². The molecule has 0 aliphatic heterocycles. The van der Waals surface area contributed by atoms with E-state index < -0.39 is 10.7 Å². The first-order chi connectivity index (χ1) is 10.5. The Morgan fingerprint density at radius 1 is 1.23 bits per heavy atom. The normalized spacial score (nSPS) is 10.6. The molecule has 0 saturated heterocycles. The molecule has 0 spiro atoms. The first-order valence-electron chi connectivity index (χ1n) is 6.35. The number of benzene rings is 2. The summed E-state index contributed by atoms with van der Waals surface area (Å²) < 4.78 is 5.03. The Labute approximate surface area is 126 Å². The molecular formula is C16H13NO5. The molecule has 6 heteroatoms. The monoisotopic (exact) mass is 299 g/mol. The highest BCUT2D eigenvalue weighted by atomic mass is 16.6. The van der Waals surface area contributed by atoms with Crippen LogP contribution < -0.4 is 4.74 Å². The van der Waals surface area contributed by atoms with Crippen LogP contribution in [0.2, 0.25) is 0 Å². The molecule has 0 unspecified atom stereocenters. The number of nitrogens with zero attached hydrogens (tertiary/aromatic N) is 1. The van der Waals surface area contributed by atoms with Crippen molar-refractivity contribution in [2.24, 2.45) is 0 Å². The summed E-state index contributed by atoms with van der Waals surface area (Å²) in [6, 6.07) is 10.3. The average molecular weight is 299 g/mol. The fourth-order valence-electron chi connectivity index (χ4n) is 1.81. The molecule has 0 aliphatic rings. The average Bonchev–Trinajstić information content (AvgIpc) is 2.53. The van der Waals surface area contributed by atoms with Crippen LogP contribution in [-0.2, 0) is 0 Å². The third-order valence-electron chi connectivity index (χ3n) is 3.00. The van der Waals surface area contributed by atoms with Gasteiger partial charge in [0, 0.05) is 12.1 Å². The Kier molecular flexibility index (Phi) is 4.53. The van der Waals surface area contributed by atoms with Crippen molar-refractivity contribution in [1.29, 1.82) is 0 Å². The number of hydrogen-bond donors (Lipinski definition) is 1. The van der Waals surface area contributed by atoms with Gasteiger partial charge in [0.1, 0.15) is 11.5 Å². The predicted molar refractivity (Wildman–Crippen MR) is 81.1 cm³/mol. The summed E-state index contributed by atoms with van der Waals surface area (Å²) >= 11 is 0. The lowest BCUT2D eigenvalue weighted by molar-refractivity contribution is -0.384. The van der Waals surface area contributed by atoms with E-state index in [1.165, 1.54) is 6.08 Å². The van der Waals surface area contributed by atoms with Gasteiger partial charge in [0.15, 0.2) is 5.78 Å². The Morgan fingerprint density at radius 2 is 1.91 bits per heavy atom. The quantitative estimate of drug-likeness (QED) is 0.396. The summed E-state index contributed by atoms with van der Waals surface area (Å²) in [5.74, 6) is -0.119. The van der Waals surface area contributed by atoms with E-state index in [9.17, 15) is 20.0 Å². The third kappa shape index (κ3) is 3.49. The van der Waals surface area contributed by atoms with Gasteiger partial charge in [0.2, 0.25) is 0 Å². The molecule has 112 valence electrons. The van der Waals surface area contributed by atoms with Crippen molar-refractivity contribution in [3.63, 3.8) is 0 Å². The van der Waals surface area contributed by atoms with Crippen LogP contribution >= 0.6 is 0 Å². The molecule has 6 nitrogen and oxygen atoms in total. The van der Waals surface area contributed by atoms with Gasteiger partial charge in [-0.25, -0.2) is 0 Å². The Bertz CT molecular complexity index is 735. The fourth-order valence-corrected chi connectivity index (χ4v) is 1.81. The Hall–Kier alpha value is -3.15. The van der Waals surface area contributed by atoms with Crippen molar-refractivity contribution in [3.05, 3.63) is 69.8 Å². The summed E-state index contributed by atoms with van der Waals surface area (Å²) in [5, 5.41) is 20.4. The zero-order valence-electron chi connectivity index (χ0n) is 11.7. The molecule has 0 radical (unpaired) electrons. The second-order valence-electron chi connectivity index (χ2n) is 4.43. The maximum absolute atomic E-state index is 12.0. The van der Waals surface area contributed by atoms with E-state index in [0.717, 1.165) is 23.8 Å². The number of hydrogen-bond acceptors (Lipinski definition) is 5. The molecule has 0 bridgehead atoms. The van der Waals surface area contributed by atoms with Crippen LogP contribution in [-0.4, -0.2) is 22.9 Å². The third-order valence-corrected chi connectivity index (χ3v) is 3.00. The molecule has 0 saturated carbocycles. The summed E-state index contributed by atoms with van der Waals surface area (Å²) in [5.41, 5.74) is 0.400. The van der Waals surface area contributed by atoms with Crippen molar-refractivity contribution < 1.29 is 19.6 Å². The first kappa shape index (κ1) is 15.2. The van der Waals surface area contributed by atoms with Gasteiger partial charge in [0.05, 0.1) is 17.6 Å². The molecule has 0 aromatic heterocycles. The smallest absolute Gasteiger partial charge is 0.270 e. The molecule has 2 aromatic rings. The number of ketones is 1. The van der Waals surface area contributed by atoms with Gasteiger partial charge in [-0.15, -0.1) is 0 Å². The molecule has 1 N–H and O–H groups in total. The highest BCUT2D eigenvalue weighted by molar-refractivity contribution is 6.08. The van der Waals surface area contributed by atoms with Crippen LogP contribution in [0.5, 0.6) is 11.5 Å². The maximum Gasteiger partial charge on any atom is 0.270 e. The number of phenolic OH excluding ortho intramolecular Hbond substituents is 1. The van der Waals surface area contributed by atoms with Crippen LogP contribution in [0, 0.1) is 10.1 Å². The number of allylic oxidation sites excluding steroid dienone is 1. The van der Waals surface area contributed by atoms with Crippen molar-refractivity contribution in [2.75, 3.05) is 7.11 Å². The summed E-state index contributed by atoms with van der Waals surface area (Å²) in [7, 11) is 1.56. The molecule has 2 rings (SSSR count). The maximum atomic E-state index is 12.0. The molecule has 0 heterocycles. The number of ether oxygens (including phenoxy) is 1. The van der Waals surface area contributed by atoms with Crippen LogP contribution in [0.3, 0.4) is 0 Å². The van der Waals surface area contributed by atoms with E-state index >= 15 is 0 Å². The number of phenols is 1.